The quantitative estimate of drug-likeness (QED) is 0.883. The first-order valence-electron chi connectivity index (χ1n) is 6.46. The van der Waals surface area contributed by atoms with E-state index in [4.69, 9.17) is 11.6 Å². The molecule has 0 bridgehead atoms. The lowest BCUT2D eigenvalue weighted by molar-refractivity contribution is 0.642. The molecule has 2 rings (SSSR count). The predicted molar refractivity (Wildman–Crippen MR) is 74.9 cm³/mol. The lowest BCUT2D eigenvalue weighted by atomic mass is 10.1. The summed E-state index contributed by atoms with van der Waals surface area (Å²) in [4.78, 5) is 2.54. The van der Waals surface area contributed by atoms with Crippen LogP contribution in [0.4, 0.5) is 5.69 Å². The molecule has 1 aromatic rings. The van der Waals surface area contributed by atoms with Crippen molar-refractivity contribution in [3.05, 3.63) is 28.8 Å². The van der Waals surface area contributed by atoms with Gasteiger partial charge in [-0.2, -0.15) is 0 Å². The van der Waals surface area contributed by atoms with Gasteiger partial charge in [0.1, 0.15) is 0 Å². The molecule has 0 saturated carbocycles. The van der Waals surface area contributed by atoms with Gasteiger partial charge in [0, 0.05) is 29.8 Å². The van der Waals surface area contributed by atoms with E-state index in [-0.39, 0.29) is 0 Å². The average Bonchev–Trinajstić information content (AvgIpc) is 2.78. The highest BCUT2D eigenvalue weighted by atomic mass is 35.5. The van der Waals surface area contributed by atoms with Crippen molar-refractivity contribution >= 4 is 17.3 Å². The van der Waals surface area contributed by atoms with Gasteiger partial charge in [-0.3, -0.25) is 0 Å². The Kier molecular flexibility index (Phi) is 4.30. The molecular weight excluding hydrogens is 232 g/mol. The molecule has 0 aromatic heterocycles. The molecule has 1 heterocycles. The zero-order valence-corrected chi connectivity index (χ0v) is 11.4. The molecule has 1 aliphatic rings. The van der Waals surface area contributed by atoms with E-state index >= 15 is 0 Å². The number of hydrogen-bond acceptors (Lipinski definition) is 2. The molecule has 1 saturated heterocycles. The fraction of sp³-hybridized carbons (Fsp3) is 0.571. The zero-order valence-electron chi connectivity index (χ0n) is 10.7. The summed E-state index contributed by atoms with van der Waals surface area (Å²) in [5.41, 5.74) is 2.66. The van der Waals surface area contributed by atoms with Gasteiger partial charge >= 0.3 is 0 Å². The van der Waals surface area contributed by atoms with Gasteiger partial charge in [-0.25, -0.2) is 0 Å². The number of halogens is 1. The van der Waals surface area contributed by atoms with Gasteiger partial charge in [0.25, 0.3) is 0 Å². The number of rotatable bonds is 4. The first-order chi connectivity index (χ1) is 8.26. The van der Waals surface area contributed by atoms with Crippen LogP contribution in [0.1, 0.15) is 31.7 Å². The zero-order chi connectivity index (χ0) is 12.3. The molecule has 1 aliphatic heterocycles. The van der Waals surface area contributed by atoms with Crippen molar-refractivity contribution in [2.45, 2.75) is 38.8 Å². The molecule has 1 aromatic carbocycles. The average molecular weight is 253 g/mol. The van der Waals surface area contributed by atoms with Crippen LogP contribution >= 0.6 is 11.6 Å². The van der Waals surface area contributed by atoms with Crippen molar-refractivity contribution < 1.29 is 0 Å². The number of benzene rings is 1. The second-order valence-corrected chi connectivity index (χ2v) is 5.14. The fourth-order valence-corrected chi connectivity index (χ4v) is 2.94. The van der Waals surface area contributed by atoms with E-state index in [1.807, 2.05) is 13.1 Å². The van der Waals surface area contributed by atoms with E-state index in [1.54, 1.807) is 0 Å². The minimum atomic E-state index is 0.701. The standard InChI is InChI=1S/C14H21ClN2/c1-3-13-5-4-8-17(13)14-7-6-12(15)9-11(14)10-16-2/h6-7,9,13,16H,3-5,8,10H2,1-2H3. The van der Waals surface area contributed by atoms with E-state index in [9.17, 15) is 0 Å². The lowest BCUT2D eigenvalue weighted by Gasteiger charge is -2.28. The van der Waals surface area contributed by atoms with E-state index in [0.717, 1.165) is 11.6 Å². The molecule has 1 N–H and O–H groups in total. The van der Waals surface area contributed by atoms with Crippen molar-refractivity contribution in [1.29, 1.82) is 0 Å². The summed E-state index contributed by atoms with van der Waals surface area (Å²) in [6.07, 6.45) is 3.85. The Morgan fingerprint density at radius 3 is 3.00 bits per heavy atom. The summed E-state index contributed by atoms with van der Waals surface area (Å²) in [5, 5.41) is 4.05. The summed E-state index contributed by atoms with van der Waals surface area (Å²) < 4.78 is 0. The maximum absolute atomic E-state index is 6.08. The van der Waals surface area contributed by atoms with E-state index in [2.05, 4.69) is 29.3 Å². The molecule has 1 unspecified atom stereocenters. The summed E-state index contributed by atoms with van der Waals surface area (Å²) >= 11 is 6.08. The molecule has 1 atom stereocenters. The Hall–Kier alpha value is -0.730. The van der Waals surface area contributed by atoms with Crippen molar-refractivity contribution in [1.82, 2.24) is 5.32 Å². The van der Waals surface area contributed by atoms with Crippen LogP contribution in [-0.4, -0.2) is 19.6 Å². The van der Waals surface area contributed by atoms with Gasteiger partial charge in [-0.1, -0.05) is 18.5 Å². The fourth-order valence-electron chi connectivity index (χ4n) is 2.74. The topological polar surface area (TPSA) is 15.3 Å². The van der Waals surface area contributed by atoms with Crippen LogP contribution in [0.5, 0.6) is 0 Å². The van der Waals surface area contributed by atoms with Gasteiger partial charge < -0.3 is 10.2 Å². The largest absolute Gasteiger partial charge is 0.368 e. The summed E-state index contributed by atoms with van der Waals surface area (Å²) in [7, 11) is 1.98. The number of hydrogen-bond donors (Lipinski definition) is 1. The molecule has 0 radical (unpaired) electrons. The first kappa shape index (κ1) is 12.7. The summed E-state index contributed by atoms with van der Waals surface area (Å²) in [5.74, 6) is 0. The van der Waals surface area contributed by atoms with Crippen LogP contribution in [0.3, 0.4) is 0 Å². The molecule has 3 heteroatoms. The molecule has 0 aliphatic carbocycles. The summed E-state index contributed by atoms with van der Waals surface area (Å²) in [6, 6.07) is 6.95. The molecule has 17 heavy (non-hydrogen) atoms. The Morgan fingerprint density at radius 2 is 2.29 bits per heavy atom. The third kappa shape index (κ3) is 2.75. The summed E-state index contributed by atoms with van der Waals surface area (Å²) in [6.45, 7) is 4.33. The Bertz CT molecular complexity index is 378. The van der Waals surface area contributed by atoms with Crippen LogP contribution in [0.2, 0.25) is 5.02 Å². The third-order valence-corrected chi connectivity index (χ3v) is 3.80. The number of nitrogens with zero attached hydrogens (tertiary/aromatic N) is 1. The highest BCUT2D eigenvalue weighted by molar-refractivity contribution is 6.30. The maximum atomic E-state index is 6.08. The highest BCUT2D eigenvalue weighted by Gasteiger charge is 2.24. The highest BCUT2D eigenvalue weighted by Crippen LogP contribution is 2.31. The Balaban J connectivity index is 2.30. The van der Waals surface area contributed by atoms with Crippen LogP contribution < -0.4 is 10.2 Å². The first-order valence-corrected chi connectivity index (χ1v) is 6.83. The van der Waals surface area contributed by atoms with Crippen LogP contribution in [0.15, 0.2) is 18.2 Å². The smallest absolute Gasteiger partial charge is 0.0415 e. The molecule has 94 valence electrons. The second-order valence-electron chi connectivity index (χ2n) is 4.70. The van der Waals surface area contributed by atoms with Crippen molar-refractivity contribution in [2.75, 3.05) is 18.5 Å². The number of nitrogens with one attached hydrogen (secondary N) is 1. The van der Waals surface area contributed by atoms with E-state index in [0.29, 0.717) is 6.04 Å². The minimum absolute atomic E-state index is 0.701. The normalized spacial score (nSPS) is 19.9. The van der Waals surface area contributed by atoms with Gasteiger partial charge in [0.2, 0.25) is 0 Å². The monoisotopic (exact) mass is 252 g/mol. The number of anilines is 1. The lowest BCUT2D eigenvalue weighted by Crippen LogP contribution is -2.29. The van der Waals surface area contributed by atoms with Gasteiger partial charge in [-0.15, -0.1) is 0 Å². The van der Waals surface area contributed by atoms with Crippen molar-refractivity contribution in [3.8, 4) is 0 Å². The van der Waals surface area contributed by atoms with Crippen LogP contribution in [0.25, 0.3) is 0 Å². The molecule has 1 fully saturated rings. The Labute approximate surface area is 109 Å². The molecular formula is C14H21ClN2. The van der Waals surface area contributed by atoms with Crippen molar-refractivity contribution in [2.24, 2.45) is 0 Å². The van der Waals surface area contributed by atoms with Gasteiger partial charge in [0.05, 0.1) is 0 Å². The second kappa shape index (κ2) is 5.74. The molecule has 0 amide bonds. The van der Waals surface area contributed by atoms with Crippen molar-refractivity contribution in [3.63, 3.8) is 0 Å². The SMILES string of the molecule is CCC1CCCN1c1ccc(Cl)cc1CNC. The van der Waals surface area contributed by atoms with Gasteiger partial charge in [0.15, 0.2) is 0 Å². The third-order valence-electron chi connectivity index (χ3n) is 3.57. The van der Waals surface area contributed by atoms with E-state index in [1.165, 1.54) is 37.1 Å². The van der Waals surface area contributed by atoms with Gasteiger partial charge in [-0.05, 0) is 50.1 Å². The minimum Gasteiger partial charge on any atom is -0.368 e. The van der Waals surface area contributed by atoms with E-state index < -0.39 is 0 Å². The van der Waals surface area contributed by atoms with Crippen LogP contribution in [0, 0.1) is 0 Å². The predicted octanol–water partition coefficient (Wildman–Crippen LogP) is 3.44. The molecule has 2 nitrogen and oxygen atoms in total. The maximum Gasteiger partial charge on any atom is 0.0415 e. The molecule has 0 spiro atoms. The Morgan fingerprint density at radius 1 is 1.47 bits per heavy atom. The van der Waals surface area contributed by atoms with Crippen LogP contribution in [-0.2, 0) is 6.54 Å².